The van der Waals surface area contributed by atoms with E-state index in [1.807, 2.05) is 60.8 Å². The van der Waals surface area contributed by atoms with Gasteiger partial charge in [-0.1, -0.05) is 123 Å². The topological polar surface area (TPSA) is 132 Å². The van der Waals surface area contributed by atoms with Gasteiger partial charge in [0.2, 0.25) is 5.91 Å². The Morgan fingerprint density at radius 1 is 0.788 bits per heavy atom. The number of H-pyrrole nitrogens is 1. The zero-order valence-corrected chi connectivity index (χ0v) is 29.5. The maximum absolute atomic E-state index is 14.3. The fraction of sp³-hybridized carbons (Fsp3) is 0.372. The lowest BCUT2D eigenvalue weighted by Crippen LogP contribution is -2.56. The normalized spacial score (nSPS) is 17.5. The summed E-state index contributed by atoms with van der Waals surface area (Å²) in [5.74, 6) is -0.436. The van der Waals surface area contributed by atoms with Crippen LogP contribution in [0.1, 0.15) is 84.2 Å². The molecule has 2 aromatic heterocycles. The van der Waals surface area contributed by atoms with E-state index in [1.165, 1.54) is 6.42 Å². The van der Waals surface area contributed by atoms with Crippen molar-refractivity contribution in [3.63, 3.8) is 0 Å². The first-order chi connectivity index (χ1) is 25.4. The Morgan fingerprint density at radius 3 is 1.92 bits per heavy atom. The first-order valence-electron chi connectivity index (χ1n) is 18.7. The van der Waals surface area contributed by atoms with Crippen molar-refractivity contribution >= 4 is 11.8 Å². The second-order valence-corrected chi connectivity index (χ2v) is 14.6. The molecule has 2 heterocycles. The Bertz CT molecular complexity index is 1770. The van der Waals surface area contributed by atoms with Crippen molar-refractivity contribution in [2.24, 2.45) is 11.8 Å². The molecule has 0 saturated heterocycles. The van der Waals surface area contributed by atoms with Gasteiger partial charge in [0.25, 0.3) is 5.91 Å². The Kier molecular flexibility index (Phi) is 11.0. The second kappa shape index (κ2) is 16.1. The lowest BCUT2D eigenvalue weighted by molar-refractivity contribution is -0.125. The highest BCUT2D eigenvalue weighted by Gasteiger charge is 2.41. The molecule has 0 radical (unpaired) electrons. The summed E-state index contributed by atoms with van der Waals surface area (Å²) in [7, 11) is 0. The number of hydrogen-bond acceptors (Lipinski definition) is 5. The summed E-state index contributed by atoms with van der Waals surface area (Å²) in [6.45, 7) is 0. The van der Waals surface area contributed by atoms with Gasteiger partial charge in [-0.2, -0.15) is 0 Å². The van der Waals surface area contributed by atoms with Crippen LogP contribution in [0.4, 0.5) is 0 Å². The van der Waals surface area contributed by atoms with Gasteiger partial charge < -0.3 is 30.4 Å². The Hall–Kier alpha value is -4.99. The molecule has 2 aliphatic rings. The predicted molar refractivity (Wildman–Crippen MR) is 200 cm³/mol. The molecule has 3 aromatic carbocycles. The van der Waals surface area contributed by atoms with Gasteiger partial charge >= 0.3 is 0 Å². The summed E-state index contributed by atoms with van der Waals surface area (Å²) in [5, 5.41) is 28.5. The number of carbonyl (C=O) groups excluding carboxylic acids is 2. The second-order valence-electron chi connectivity index (χ2n) is 14.6. The van der Waals surface area contributed by atoms with E-state index in [9.17, 15) is 19.8 Å². The highest BCUT2D eigenvalue weighted by atomic mass is 16.3. The molecular formula is C43H49N5O4. The molecule has 2 aliphatic carbocycles. The summed E-state index contributed by atoms with van der Waals surface area (Å²) in [5.41, 5.74) is 3.29. The first kappa shape index (κ1) is 35.4. The van der Waals surface area contributed by atoms with Crippen molar-refractivity contribution in [1.29, 1.82) is 0 Å². The van der Waals surface area contributed by atoms with Crippen LogP contribution in [0.2, 0.25) is 0 Å². The van der Waals surface area contributed by atoms with Crippen LogP contribution in [0.15, 0.2) is 122 Å². The highest BCUT2D eigenvalue weighted by Crippen LogP contribution is 2.41. The minimum absolute atomic E-state index is 0.0483. The zero-order valence-electron chi connectivity index (χ0n) is 29.5. The molecule has 9 nitrogen and oxygen atoms in total. The van der Waals surface area contributed by atoms with Gasteiger partial charge in [-0.15, -0.1) is 0 Å². The first-order valence-corrected chi connectivity index (χ1v) is 18.7. The summed E-state index contributed by atoms with van der Waals surface area (Å²) in [4.78, 5) is 35.5. The van der Waals surface area contributed by atoms with Crippen LogP contribution in [0, 0.1) is 11.8 Å². The Balaban J connectivity index is 1.22. The highest BCUT2D eigenvalue weighted by molar-refractivity contribution is 5.96. The van der Waals surface area contributed by atoms with E-state index in [1.54, 1.807) is 24.7 Å². The lowest BCUT2D eigenvalue weighted by Gasteiger charge is -2.37. The average molecular weight is 700 g/mol. The van der Waals surface area contributed by atoms with Crippen LogP contribution in [-0.2, 0) is 16.8 Å². The van der Waals surface area contributed by atoms with E-state index in [4.69, 9.17) is 4.98 Å². The smallest absolute Gasteiger partial charge is 0.268 e. The molecule has 4 atom stereocenters. The molecule has 2 saturated carbocycles. The van der Waals surface area contributed by atoms with Gasteiger partial charge in [0.05, 0.1) is 24.2 Å². The van der Waals surface area contributed by atoms with Gasteiger partial charge in [0.15, 0.2) is 0 Å². The summed E-state index contributed by atoms with van der Waals surface area (Å²) in [6, 6.07) is 32.6. The lowest BCUT2D eigenvalue weighted by atomic mass is 9.77. The third-order valence-electron chi connectivity index (χ3n) is 11.0. The van der Waals surface area contributed by atoms with E-state index in [-0.39, 0.29) is 12.3 Å². The molecule has 52 heavy (non-hydrogen) atoms. The number of carbonyl (C=O) groups is 2. The van der Waals surface area contributed by atoms with E-state index in [2.05, 4.69) is 56.6 Å². The molecule has 0 bridgehead atoms. The fourth-order valence-corrected chi connectivity index (χ4v) is 8.07. The van der Waals surface area contributed by atoms with E-state index < -0.39 is 41.6 Å². The number of aliphatic hydroxyl groups excluding tert-OH is 2. The largest absolute Gasteiger partial charge is 0.390 e. The molecular weight excluding hydrogens is 651 g/mol. The van der Waals surface area contributed by atoms with Gasteiger partial charge in [-0.3, -0.25) is 9.59 Å². The molecule has 0 spiro atoms. The minimum Gasteiger partial charge on any atom is -0.390 e. The number of amides is 2. The minimum atomic E-state index is -1.10. The third-order valence-corrected chi connectivity index (χ3v) is 11.0. The van der Waals surface area contributed by atoms with Gasteiger partial charge in [-0.25, -0.2) is 4.98 Å². The van der Waals surface area contributed by atoms with E-state index >= 15 is 0 Å². The zero-order chi connectivity index (χ0) is 35.9. The fourth-order valence-electron chi connectivity index (χ4n) is 8.07. The molecule has 270 valence electrons. The number of nitrogens with zero attached hydrogens (tertiary/aromatic N) is 2. The van der Waals surface area contributed by atoms with Gasteiger partial charge in [0, 0.05) is 18.8 Å². The van der Waals surface area contributed by atoms with Crippen molar-refractivity contribution in [2.45, 2.75) is 87.6 Å². The third kappa shape index (κ3) is 7.76. The van der Waals surface area contributed by atoms with Gasteiger partial charge in [0.1, 0.15) is 23.4 Å². The number of imidazole rings is 1. The van der Waals surface area contributed by atoms with E-state index in [0.29, 0.717) is 23.7 Å². The number of aliphatic hydroxyl groups is 2. The number of nitrogens with one attached hydrogen (secondary N) is 3. The molecule has 9 heteroatoms. The SMILES string of the molecule is O=C(N[C@@H](Cc1cn(C(c2ccccc2)(c2ccccc2)c2ccccc2)cn1)C(=O)N[C@@H](CC1CCCCC1)[C@@H](O)[C@@H](O)C1CC1)c1ccc[nH]1. The van der Waals surface area contributed by atoms with Crippen molar-refractivity contribution in [3.8, 4) is 0 Å². The number of rotatable bonds is 15. The molecule has 5 N–H and O–H groups in total. The van der Waals surface area contributed by atoms with Crippen molar-refractivity contribution in [1.82, 2.24) is 25.2 Å². The van der Waals surface area contributed by atoms with Crippen LogP contribution < -0.4 is 10.6 Å². The summed E-state index contributed by atoms with van der Waals surface area (Å²) >= 11 is 0. The maximum Gasteiger partial charge on any atom is 0.268 e. The van der Waals surface area contributed by atoms with Crippen molar-refractivity contribution in [2.75, 3.05) is 0 Å². The van der Waals surface area contributed by atoms with Crippen LogP contribution in [-0.4, -0.2) is 60.9 Å². The molecule has 2 amide bonds. The van der Waals surface area contributed by atoms with Crippen molar-refractivity contribution < 1.29 is 19.8 Å². The molecule has 2 fully saturated rings. The van der Waals surface area contributed by atoms with Crippen LogP contribution in [0.3, 0.4) is 0 Å². The Morgan fingerprint density at radius 2 is 1.38 bits per heavy atom. The van der Waals surface area contributed by atoms with Crippen LogP contribution >= 0.6 is 0 Å². The molecule has 0 unspecified atom stereocenters. The van der Waals surface area contributed by atoms with Gasteiger partial charge in [-0.05, 0) is 59.9 Å². The quantitative estimate of drug-likeness (QED) is 0.0859. The summed E-state index contributed by atoms with van der Waals surface area (Å²) in [6.07, 6.45) is 11.4. The van der Waals surface area contributed by atoms with Crippen LogP contribution in [0.5, 0.6) is 0 Å². The molecule has 5 aromatic rings. The molecule has 7 rings (SSSR count). The Labute approximate surface area is 305 Å². The summed E-state index contributed by atoms with van der Waals surface area (Å²) < 4.78 is 2.09. The monoisotopic (exact) mass is 699 g/mol. The average Bonchev–Trinajstić information content (AvgIpc) is 3.68. The predicted octanol–water partition coefficient (Wildman–Crippen LogP) is 5.98. The standard InChI is InChI=1S/C43H49N5O4/c49-39(31-23-24-31)40(50)37(26-30-14-5-1-6-15-30)46-42(52)38(47-41(51)36-22-13-25-44-36)27-35-28-48(29-45-35)43(32-16-7-2-8-17-32,33-18-9-3-10-19-33)34-20-11-4-12-21-34/h2-4,7-13,16-22,25,28-31,37-40,44,49-50H,1,5-6,14-15,23-24,26-27H2,(H,46,52)(H,47,51)/t37-,38-,39-,40+/m0/s1. The maximum atomic E-state index is 14.3. The molecule has 0 aliphatic heterocycles. The van der Waals surface area contributed by atoms with Crippen LogP contribution in [0.25, 0.3) is 0 Å². The van der Waals surface area contributed by atoms with Crippen molar-refractivity contribution in [3.05, 3.63) is 150 Å². The number of hydrogen-bond donors (Lipinski definition) is 5. The number of aromatic amines is 1. The number of aromatic nitrogens is 3. The number of benzene rings is 3. The van der Waals surface area contributed by atoms with E-state index in [0.717, 1.165) is 55.2 Å².